The SMILES string of the molecule is C/C=C\[C@H](C)N(C(=O)O)c1ccc(NCc2ccccc2)c(C(=O)OC)c1. The first-order valence-electron chi connectivity index (χ1n) is 8.63. The number of ether oxygens (including phenoxy) is 1. The van der Waals surface area contributed by atoms with E-state index < -0.39 is 12.1 Å². The van der Waals surface area contributed by atoms with E-state index in [0.717, 1.165) is 5.56 Å². The van der Waals surface area contributed by atoms with Gasteiger partial charge in [-0.1, -0.05) is 42.5 Å². The number of nitrogens with zero attached hydrogens (tertiary/aromatic N) is 1. The predicted molar refractivity (Wildman–Crippen MR) is 106 cm³/mol. The van der Waals surface area contributed by atoms with Crippen LogP contribution in [-0.2, 0) is 11.3 Å². The molecule has 0 spiro atoms. The second-order valence-electron chi connectivity index (χ2n) is 5.98. The van der Waals surface area contributed by atoms with Crippen molar-refractivity contribution in [3.63, 3.8) is 0 Å². The summed E-state index contributed by atoms with van der Waals surface area (Å²) in [4.78, 5) is 25.2. The smallest absolute Gasteiger partial charge is 0.412 e. The molecule has 0 heterocycles. The number of hydrogen-bond donors (Lipinski definition) is 2. The number of amides is 1. The quantitative estimate of drug-likeness (QED) is 0.554. The zero-order valence-corrected chi connectivity index (χ0v) is 15.7. The highest BCUT2D eigenvalue weighted by atomic mass is 16.5. The maximum atomic E-state index is 12.2. The van der Waals surface area contributed by atoms with Crippen LogP contribution in [0.15, 0.2) is 60.7 Å². The highest BCUT2D eigenvalue weighted by molar-refractivity contribution is 5.98. The maximum Gasteiger partial charge on any atom is 0.412 e. The number of hydrogen-bond acceptors (Lipinski definition) is 4. The lowest BCUT2D eigenvalue weighted by molar-refractivity contribution is 0.0601. The number of carbonyl (C=O) groups excluding carboxylic acids is 1. The third-order valence-corrected chi connectivity index (χ3v) is 4.10. The zero-order chi connectivity index (χ0) is 19.8. The molecular formula is C21H24N2O4. The summed E-state index contributed by atoms with van der Waals surface area (Å²) in [5.41, 5.74) is 2.33. The number of anilines is 2. The molecule has 2 aromatic carbocycles. The van der Waals surface area contributed by atoms with Crippen molar-refractivity contribution in [2.75, 3.05) is 17.3 Å². The maximum absolute atomic E-state index is 12.2. The van der Waals surface area contributed by atoms with Crippen molar-refractivity contribution in [1.82, 2.24) is 0 Å². The molecule has 1 atom stereocenters. The van der Waals surface area contributed by atoms with Crippen LogP contribution in [0.2, 0.25) is 0 Å². The van der Waals surface area contributed by atoms with Crippen molar-refractivity contribution < 1.29 is 19.4 Å². The Morgan fingerprint density at radius 3 is 2.52 bits per heavy atom. The van der Waals surface area contributed by atoms with E-state index in [0.29, 0.717) is 17.9 Å². The minimum Gasteiger partial charge on any atom is -0.465 e. The Morgan fingerprint density at radius 1 is 1.22 bits per heavy atom. The summed E-state index contributed by atoms with van der Waals surface area (Å²) >= 11 is 0. The predicted octanol–water partition coefficient (Wildman–Crippen LogP) is 4.53. The van der Waals surface area contributed by atoms with Gasteiger partial charge >= 0.3 is 12.1 Å². The Bertz CT molecular complexity index is 818. The van der Waals surface area contributed by atoms with E-state index in [4.69, 9.17) is 4.74 Å². The van der Waals surface area contributed by atoms with Gasteiger partial charge < -0.3 is 15.2 Å². The molecule has 0 aliphatic rings. The molecule has 0 fully saturated rings. The summed E-state index contributed by atoms with van der Waals surface area (Å²) in [5.74, 6) is -0.531. The van der Waals surface area contributed by atoms with Crippen LogP contribution in [0.3, 0.4) is 0 Å². The number of esters is 1. The Balaban J connectivity index is 2.36. The van der Waals surface area contributed by atoms with Gasteiger partial charge in [0.25, 0.3) is 0 Å². The van der Waals surface area contributed by atoms with Crippen LogP contribution in [0.1, 0.15) is 29.8 Å². The molecule has 2 rings (SSSR count). The largest absolute Gasteiger partial charge is 0.465 e. The van der Waals surface area contributed by atoms with Crippen molar-refractivity contribution in [3.8, 4) is 0 Å². The minimum absolute atomic E-state index is 0.282. The zero-order valence-electron chi connectivity index (χ0n) is 15.7. The molecular weight excluding hydrogens is 344 g/mol. The van der Waals surface area contributed by atoms with Gasteiger partial charge in [0.2, 0.25) is 0 Å². The van der Waals surface area contributed by atoms with E-state index in [1.165, 1.54) is 18.1 Å². The molecule has 142 valence electrons. The van der Waals surface area contributed by atoms with Gasteiger partial charge in [0, 0.05) is 17.9 Å². The highest BCUT2D eigenvalue weighted by Crippen LogP contribution is 2.26. The molecule has 2 aromatic rings. The fourth-order valence-electron chi connectivity index (χ4n) is 2.79. The van der Waals surface area contributed by atoms with Crippen molar-refractivity contribution in [1.29, 1.82) is 0 Å². The van der Waals surface area contributed by atoms with Gasteiger partial charge in [-0.15, -0.1) is 0 Å². The summed E-state index contributed by atoms with van der Waals surface area (Å²) in [6.45, 7) is 4.13. The van der Waals surface area contributed by atoms with Crippen LogP contribution in [0.5, 0.6) is 0 Å². The van der Waals surface area contributed by atoms with Gasteiger partial charge in [-0.25, -0.2) is 9.59 Å². The van der Waals surface area contributed by atoms with E-state index in [-0.39, 0.29) is 11.6 Å². The number of methoxy groups -OCH3 is 1. The van der Waals surface area contributed by atoms with E-state index in [2.05, 4.69) is 5.32 Å². The van der Waals surface area contributed by atoms with Gasteiger partial charge in [0.05, 0.1) is 18.7 Å². The van der Waals surface area contributed by atoms with Crippen molar-refractivity contribution in [2.45, 2.75) is 26.4 Å². The molecule has 0 saturated heterocycles. The molecule has 0 saturated carbocycles. The summed E-state index contributed by atoms with van der Waals surface area (Å²) in [6, 6.07) is 14.3. The van der Waals surface area contributed by atoms with Gasteiger partial charge in [-0.2, -0.15) is 0 Å². The molecule has 0 unspecified atom stereocenters. The van der Waals surface area contributed by atoms with Gasteiger partial charge in [0.1, 0.15) is 0 Å². The number of benzene rings is 2. The van der Waals surface area contributed by atoms with E-state index >= 15 is 0 Å². The normalized spacial score (nSPS) is 11.8. The first-order valence-corrected chi connectivity index (χ1v) is 8.63. The average molecular weight is 368 g/mol. The van der Waals surface area contributed by atoms with Crippen molar-refractivity contribution in [2.24, 2.45) is 0 Å². The lowest BCUT2D eigenvalue weighted by atomic mass is 10.1. The van der Waals surface area contributed by atoms with E-state index in [9.17, 15) is 14.7 Å². The molecule has 6 heteroatoms. The Morgan fingerprint density at radius 2 is 1.93 bits per heavy atom. The Labute approximate surface area is 159 Å². The minimum atomic E-state index is -1.10. The number of carbonyl (C=O) groups is 2. The molecule has 2 N–H and O–H groups in total. The van der Waals surface area contributed by atoms with E-state index in [1.54, 1.807) is 31.2 Å². The lowest BCUT2D eigenvalue weighted by Crippen LogP contribution is -2.36. The molecule has 0 aliphatic heterocycles. The highest BCUT2D eigenvalue weighted by Gasteiger charge is 2.22. The second kappa shape index (κ2) is 9.43. The first kappa shape index (κ1) is 20.0. The lowest BCUT2D eigenvalue weighted by Gasteiger charge is -2.25. The third kappa shape index (κ3) is 5.10. The van der Waals surface area contributed by atoms with Crippen LogP contribution >= 0.6 is 0 Å². The number of rotatable bonds is 7. The van der Waals surface area contributed by atoms with Gasteiger partial charge in [-0.05, 0) is 37.6 Å². The summed E-state index contributed by atoms with van der Waals surface area (Å²) in [7, 11) is 1.30. The molecule has 6 nitrogen and oxygen atoms in total. The monoisotopic (exact) mass is 368 g/mol. The summed E-state index contributed by atoms with van der Waals surface area (Å²) in [6.07, 6.45) is 2.46. The standard InChI is InChI=1S/C21H24N2O4/c1-4-8-15(2)23(21(25)26)17-11-12-19(18(13-17)20(24)27-3)22-14-16-9-6-5-7-10-16/h4-13,15,22H,14H2,1-3H3,(H,25,26)/b8-4-/t15-/m0/s1. The fourth-order valence-corrected chi connectivity index (χ4v) is 2.79. The second-order valence-corrected chi connectivity index (χ2v) is 5.98. The summed E-state index contributed by atoms with van der Waals surface area (Å²) < 4.78 is 4.87. The van der Waals surface area contributed by atoms with Crippen LogP contribution < -0.4 is 10.2 Å². The van der Waals surface area contributed by atoms with Crippen molar-refractivity contribution >= 4 is 23.4 Å². The van der Waals surface area contributed by atoms with Crippen LogP contribution in [0.4, 0.5) is 16.2 Å². The molecule has 1 amide bonds. The molecule has 0 radical (unpaired) electrons. The molecule has 0 bridgehead atoms. The molecule has 0 aromatic heterocycles. The third-order valence-electron chi connectivity index (χ3n) is 4.10. The topological polar surface area (TPSA) is 78.9 Å². The Kier molecular flexibility index (Phi) is 7.00. The molecule has 27 heavy (non-hydrogen) atoms. The fraction of sp³-hybridized carbons (Fsp3) is 0.238. The molecule has 0 aliphatic carbocycles. The van der Waals surface area contributed by atoms with Crippen LogP contribution in [0, 0.1) is 0 Å². The summed E-state index contributed by atoms with van der Waals surface area (Å²) in [5, 5.41) is 12.8. The average Bonchev–Trinajstić information content (AvgIpc) is 2.67. The number of carboxylic acid groups (broad SMARTS) is 1. The van der Waals surface area contributed by atoms with Crippen LogP contribution in [0.25, 0.3) is 0 Å². The number of allylic oxidation sites excluding steroid dienone is 1. The van der Waals surface area contributed by atoms with E-state index in [1.807, 2.05) is 37.3 Å². The Hall–Kier alpha value is -3.28. The van der Waals surface area contributed by atoms with Crippen LogP contribution in [-0.4, -0.2) is 30.3 Å². The first-order chi connectivity index (χ1) is 13.0. The van der Waals surface area contributed by atoms with Crippen molar-refractivity contribution in [3.05, 3.63) is 71.8 Å². The van der Waals surface area contributed by atoms with Gasteiger partial charge in [0.15, 0.2) is 0 Å². The van der Waals surface area contributed by atoms with Gasteiger partial charge in [-0.3, -0.25) is 4.90 Å². The number of nitrogens with one attached hydrogen (secondary N) is 1.